The first-order valence-electron chi connectivity index (χ1n) is 10.9. The molecule has 3 heterocycles. The molecule has 0 fully saturated rings. The van der Waals surface area contributed by atoms with Crippen molar-refractivity contribution in [2.45, 2.75) is 12.5 Å². The van der Waals surface area contributed by atoms with Crippen LogP contribution in [0.5, 0.6) is 11.5 Å². The maximum absolute atomic E-state index is 12.6. The summed E-state index contributed by atoms with van der Waals surface area (Å²) < 4.78 is 11.0. The average Bonchev–Trinajstić information content (AvgIpc) is 3.28. The summed E-state index contributed by atoms with van der Waals surface area (Å²) in [4.78, 5) is 31.6. The number of benzene rings is 2. The summed E-state index contributed by atoms with van der Waals surface area (Å²) in [5.74, 6) is -0.276. The van der Waals surface area contributed by atoms with Gasteiger partial charge in [0, 0.05) is 42.9 Å². The highest BCUT2D eigenvalue weighted by Gasteiger charge is 2.28. The molecule has 0 radical (unpaired) electrons. The third kappa shape index (κ3) is 4.45. The highest BCUT2D eigenvalue weighted by atomic mass is 16.6. The quantitative estimate of drug-likeness (QED) is 0.588. The van der Waals surface area contributed by atoms with Gasteiger partial charge in [-0.25, -0.2) is 0 Å². The Morgan fingerprint density at radius 2 is 1.85 bits per heavy atom. The number of para-hydroxylation sites is 1. The summed E-state index contributed by atoms with van der Waals surface area (Å²) in [6, 6.07) is 17.0. The van der Waals surface area contributed by atoms with E-state index >= 15 is 0 Å². The predicted octanol–water partition coefficient (Wildman–Crippen LogP) is 2.71. The van der Waals surface area contributed by atoms with E-state index in [0.29, 0.717) is 30.4 Å². The van der Waals surface area contributed by atoms with Crippen LogP contribution in [0.4, 0.5) is 11.4 Å². The van der Waals surface area contributed by atoms with E-state index in [1.165, 1.54) is 5.56 Å². The van der Waals surface area contributed by atoms with Crippen molar-refractivity contribution in [3.05, 3.63) is 78.1 Å². The van der Waals surface area contributed by atoms with Crippen LogP contribution >= 0.6 is 0 Å². The van der Waals surface area contributed by atoms with Gasteiger partial charge in [0.05, 0.1) is 6.04 Å². The number of hydrogen-bond donors (Lipinski definition) is 2. The molecule has 33 heavy (non-hydrogen) atoms. The van der Waals surface area contributed by atoms with Crippen molar-refractivity contribution < 1.29 is 19.1 Å². The normalized spacial score (nSPS) is 14.8. The lowest BCUT2D eigenvalue weighted by Gasteiger charge is -2.30. The summed E-state index contributed by atoms with van der Waals surface area (Å²) in [7, 11) is 0. The van der Waals surface area contributed by atoms with Crippen LogP contribution < -0.4 is 25.0 Å². The van der Waals surface area contributed by atoms with Crippen molar-refractivity contribution in [1.82, 2.24) is 10.3 Å². The Labute approximate surface area is 191 Å². The molecule has 2 N–H and O–H groups in total. The van der Waals surface area contributed by atoms with Gasteiger partial charge in [0.15, 0.2) is 11.5 Å². The molecule has 1 aromatic heterocycles. The van der Waals surface area contributed by atoms with Crippen LogP contribution in [0, 0.1) is 0 Å². The summed E-state index contributed by atoms with van der Waals surface area (Å²) in [5.41, 5.74) is 3.86. The van der Waals surface area contributed by atoms with Gasteiger partial charge >= 0.3 is 11.8 Å². The van der Waals surface area contributed by atoms with Crippen LogP contribution in [0.2, 0.25) is 0 Å². The van der Waals surface area contributed by atoms with Crippen LogP contribution in [0.3, 0.4) is 0 Å². The van der Waals surface area contributed by atoms with E-state index in [-0.39, 0.29) is 12.6 Å². The Morgan fingerprint density at radius 1 is 1.00 bits per heavy atom. The zero-order chi connectivity index (χ0) is 22.6. The molecule has 168 valence electrons. The second kappa shape index (κ2) is 9.20. The lowest BCUT2D eigenvalue weighted by molar-refractivity contribution is -0.136. The molecule has 2 amide bonds. The molecule has 8 nitrogen and oxygen atoms in total. The molecule has 0 bridgehead atoms. The molecule has 0 spiro atoms. The molecule has 0 saturated heterocycles. The number of fused-ring (bicyclic) bond motifs is 2. The van der Waals surface area contributed by atoms with E-state index < -0.39 is 11.8 Å². The smallest absolute Gasteiger partial charge is 0.313 e. The Balaban J connectivity index is 1.27. The minimum absolute atomic E-state index is 0.145. The van der Waals surface area contributed by atoms with Gasteiger partial charge in [0.2, 0.25) is 0 Å². The first-order valence-corrected chi connectivity index (χ1v) is 10.9. The molecule has 0 saturated carbocycles. The fourth-order valence-electron chi connectivity index (χ4n) is 4.25. The first-order chi connectivity index (χ1) is 16.2. The highest BCUT2D eigenvalue weighted by molar-refractivity contribution is 6.39. The lowest BCUT2D eigenvalue weighted by atomic mass is 10.1. The molecule has 8 heteroatoms. The van der Waals surface area contributed by atoms with Gasteiger partial charge in [-0.05, 0) is 41.8 Å². The Morgan fingerprint density at radius 3 is 2.70 bits per heavy atom. The average molecular weight is 444 g/mol. The van der Waals surface area contributed by atoms with Crippen molar-refractivity contribution >= 4 is 23.2 Å². The molecule has 0 unspecified atom stereocenters. The standard InChI is InChI=1S/C25H24N4O4/c30-24(25(31)28-19-7-8-22-23(14-19)33-13-12-32-22)27-16-21(18-5-3-10-26-15-18)29-11-9-17-4-1-2-6-20(17)29/h1-8,10,14-15,21H,9,11-13,16H2,(H,27,30)(H,28,31)/t21-/m1/s1. The van der Waals surface area contributed by atoms with Crippen LogP contribution in [-0.4, -0.2) is 43.1 Å². The van der Waals surface area contributed by atoms with E-state index in [1.54, 1.807) is 30.6 Å². The maximum Gasteiger partial charge on any atom is 0.313 e. The third-order valence-corrected chi connectivity index (χ3v) is 5.83. The van der Waals surface area contributed by atoms with Gasteiger partial charge in [-0.1, -0.05) is 24.3 Å². The zero-order valence-electron chi connectivity index (χ0n) is 18.0. The topological polar surface area (TPSA) is 92.8 Å². The minimum atomic E-state index is -0.738. The minimum Gasteiger partial charge on any atom is -0.486 e. The molecule has 2 aliphatic heterocycles. The highest BCUT2D eigenvalue weighted by Crippen LogP contribution is 2.35. The fourth-order valence-corrected chi connectivity index (χ4v) is 4.25. The van der Waals surface area contributed by atoms with Crippen molar-refractivity contribution in [3.8, 4) is 11.5 Å². The second-order valence-corrected chi connectivity index (χ2v) is 7.90. The molecule has 5 rings (SSSR count). The Hall–Kier alpha value is -4.07. The summed E-state index contributed by atoms with van der Waals surface area (Å²) >= 11 is 0. The van der Waals surface area contributed by atoms with E-state index in [1.807, 2.05) is 24.3 Å². The SMILES string of the molecule is O=C(NC[C@H](c1cccnc1)N1CCc2ccccc21)C(=O)Nc1ccc2c(c1)OCCO2. The molecule has 2 aromatic carbocycles. The van der Waals surface area contributed by atoms with Crippen molar-refractivity contribution in [2.24, 2.45) is 0 Å². The maximum atomic E-state index is 12.6. The number of carbonyl (C=O) groups excluding carboxylic acids is 2. The number of aromatic nitrogens is 1. The molecule has 0 aliphatic carbocycles. The lowest BCUT2D eigenvalue weighted by Crippen LogP contribution is -2.41. The van der Waals surface area contributed by atoms with Crippen LogP contribution in [0.25, 0.3) is 0 Å². The number of carbonyl (C=O) groups is 2. The van der Waals surface area contributed by atoms with Crippen molar-refractivity contribution in [1.29, 1.82) is 0 Å². The molecule has 3 aromatic rings. The van der Waals surface area contributed by atoms with Crippen molar-refractivity contribution in [2.75, 3.05) is 36.5 Å². The fraction of sp³-hybridized carbons (Fsp3) is 0.240. The Kier molecular flexibility index (Phi) is 5.80. The molecule has 2 aliphatic rings. The Bertz CT molecular complexity index is 1170. The second-order valence-electron chi connectivity index (χ2n) is 7.90. The third-order valence-electron chi connectivity index (χ3n) is 5.83. The number of rotatable bonds is 5. The number of amides is 2. The van der Waals surface area contributed by atoms with Gasteiger partial charge < -0.3 is 25.0 Å². The number of anilines is 2. The molecular formula is C25H24N4O4. The first kappa shape index (κ1) is 20.8. The van der Waals surface area contributed by atoms with E-state index in [2.05, 4.69) is 32.7 Å². The summed E-state index contributed by atoms with van der Waals surface area (Å²) in [5, 5.41) is 5.42. The number of nitrogens with zero attached hydrogens (tertiary/aromatic N) is 2. The van der Waals surface area contributed by atoms with Gasteiger partial charge in [0.25, 0.3) is 0 Å². The number of ether oxygens (including phenoxy) is 2. The van der Waals surface area contributed by atoms with Gasteiger partial charge in [0.1, 0.15) is 13.2 Å². The number of pyridine rings is 1. The largest absolute Gasteiger partial charge is 0.486 e. The van der Waals surface area contributed by atoms with Gasteiger partial charge in [-0.15, -0.1) is 0 Å². The number of nitrogens with one attached hydrogen (secondary N) is 2. The van der Waals surface area contributed by atoms with Crippen LogP contribution in [-0.2, 0) is 16.0 Å². The van der Waals surface area contributed by atoms with E-state index in [9.17, 15) is 9.59 Å². The molecular weight excluding hydrogens is 420 g/mol. The monoisotopic (exact) mass is 444 g/mol. The molecule has 1 atom stereocenters. The van der Waals surface area contributed by atoms with Gasteiger partial charge in [-0.3, -0.25) is 14.6 Å². The van der Waals surface area contributed by atoms with Gasteiger partial charge in [-0.2, -0.15) is 0 Å². The van der Waals surface area contributed by atoms with Crippen LogP contribution in [0.1, 0.15) is 17.2 Å². The summed E-state index contributed by atoms with van der Waals surface area (Å²) in [6.07, 6.45) is 4.45. The van der Waals surface area contributed by atoms with Crippen molar-refractivity contribution in [3.63, 3.8) is 0 Å². The van der Waals surface area contributed by atoms with Crippen LogP contribution in [0.15, 0.2) is 67.0 Å². The summed E-state index contributed by atoms with van der Waals surface area (Å²) in [6.45, 7) is 2.03. The number of hydrogen-bond acceptors (Lipinski definition) is 6. The van der Waals surface area contributed by atoms with E-state index in [0.717, 1.165) is 24.2 Å². The van der Waals surface area contributed by atoms with E-state index in [4.69, 9.17) is 9.47 Å². The zero-order valence-corrected chi connectivity index (χ0v) is 18.0. The predicted molar refractivity (Wildman–Crippen MR) is 124 cm³/mol.